The van der Waals surface area contributed by atoms with Gasteiger partial charge in [-0.3, -0.25) is 4.90 Å². The molecule has 1 fully saturated rings. The van der Waals surface area contributed by atoms with Gasteiger partial charge >= 0.3 is 0 Å². The zero-order valence-electron chi connectivity index (χ0n) is 18.2. The SMILES string of the molecule is N#Cc1ccc(-c2ccc3c(c2)[C@H]2[C@H](CCN2Cc2ccc4c(c2)OCO4)[C@H](CO)N3)cc1. The van der Waals surface area contributed by atoms with Crippen molar-refractivity contribution < 1.29 is 14.6 Å². The van der Waals surface area contributed by atoms with E-state index in [1.54, 1.807) is 0 Å². The first-order valence-corrected chi connectivity index (χ1v) is 11.4. The molecule has 2 N–H and O–H groups in total. The first-order valence-electron chi connectivity index (χ1n) is 11.4. The van der Waals surface area contributed by atoms with E-state index in [9.17, 15) is 5.11 Å². The molecule has 0 aromatic heterocycles. The van der Waals surface area contributed by atoms with Gasteiger partial charge in [0, 0.05) is 24.2 Å². The van der Waals surface area contributed by atoms with Crippen molar-refractivity contribution in [2.45, 2.75) is 25.0 Å². The average molecular weight is 440 g/mol. The molecule has 0 aliphatic carbocycles. The molecule has 0 unspecified atom stereocenters. The second kappa shape index (κ2) is 8.11. The van der Waals surface area contributed by atoms with Crippen LogP contribution in [0.1, 0.15) is 29.2 Å². The Kier molecular flexibility index (Phi) is 4.94. The van der Waals surface area contributed by atoms with Crippen LogP contribution >= 0.6 is 0 Å². The molecule has 3 heterocycles. The highest BCUT2D eigenvalue weighted by Gasteiger charge is 2.43. The van der Waals surface area contributed by atoms with Gasteiger partial charge in [-0.2, -0.15) is 5.26 Å². The highest BCUT2D eigenvalue weighted by atomic mass is 16.7. The van der Waals surface area contributed by atoms with E-state index in [4.69, 9.17) is 14.7 Å². The number of anilines is 1. The van der Waals surface area contributed by atoms with Crippen LogP contribution < -0.4 is 14.8 Å². The second-order valence-corrected chi connectivity index (χ2v) is 8.98. The topological polar surface area (TPSA) is 77.8 Å². The molecule has 3 aromatic carbocycles. The Morgan fingerprint density at radius 3 is 2.64 bits per heavy atom. The van der Waals surface area contributed by atoms with Crippen LogP contribution in [-0.4, -0.2) is 36.0 Å². The molecule has 3 aliphatic heterocycles. The van der Waals surface area contributed by atoms with Crippen LogP contribution in [0.15, 0.2) is 60.7 Å². The maximum absolute atomic E-state index is 10.1. The third-order valence-corrected chi connectivity index (χ3v) is 7.14. The minimum absolute atomic E-state index is 0.0463. The summed E-state index contributed by atoms with van der Waals surface area (Å²) in [7, 11) is 0. The van der Waals surface area contributed by atoms with Crippen molar-refractivity contribution in [3.05, 3.63) is 77.4 Å². The molecule has 0 bridgehead atoms. The normalized spacial score (nSPS) is 22.8. The van der Waals surface area contributed by atoms with Crippen LogP contribution in [0.25, 0.3) is 11.1 Å². The van der Waals surface area contributed by atoms with E-state index in [-0.39, 0.29) is 25.5 Å². The van der Waals surface area contributed by atoms with Crippen LogP contribution in [0, 0.1) is 17.2 Å². The lowest BCUT2D eigenvalue weighted by atomic mass is 9.82. The van der Waals surface area contributed by atoms with E-state index in [0.29, 0.717) is 11.5 Å². The zero-order chi connectivity index (χ0) is 22.4. The van der Waals surface area contributed by atoms with Gasteiger partial charge < -0.3 is 19.9 Å². The van der Waals surface area contributed by atoms with Crippen LogP contribution in [0.4, 0.5) is 5.69 Å². The van der Waals surface area contributed by atoms with Crippen LogP contribution in [-0.2, 0) is 6.54 Å². The van der Waals surface area contributed by atoms with Gasteiger partial charge in [0.15, 0.2) is 11.5 Å². The Morgan fingerprint density at radius 2 is 1.82 bits per heavy atom. The Morgan fingerprint density at radius 1 is 1.00 bits per heavy atom. The Hall–Kier alpha value is -3.53. The minimum Gasteiger partial charge on any atom is -0.454 e. The lowest BCUT2D eigenvalue weighted by molar-refractivity contribution is 0.171. The predicted molar refractivity (Wildman–Crippen MR) is 125 cm³/mol. The van der Waals surface area contributed by atoms with Crippen molar-refractivity contribution in [1.82, 2.24) is 4.90 Å². The van der Waals surface area contributed by atoms with Gasteiger partial charge in [-0.25, -0.2) is 0 Å². The molecule has 0 saturated carbocycles. The summed E-state index contributed by atoms with van der Waals surface area (Å²) in [5.74, 6) is 1.95. The highest BCUT2D eigenvalue weighted by molar-refractivity contribution is 5.70. The van der Waals surface area contributed by atoms with Gasteiger partial charge in [0.1, 0.15) is 0 Å². The Balaban J connectivity index is 1.35. The Bertz CT molecular complexity index is 1230. The molecule has 6 nitrogen and oxygen atoms in total. The van der Waals surface area contributed by atoms with Crippen LogP contribution in [0.5, 0.6) is 11.5 Å². The summed E-state index contributed by atoms with van der Waals surface area (Å²) < 4.78 is 11.0. The van der Waals surface area contributed by atoms with Gasteiger partial charge in [0.2, 0.25) is 6.79 Å². The maximum Gasteiger partial charge on any atom is 0.231 e. The fourth-order valence-corrected chi connectivity index (χ4v) is 5.53. The smallest absolute Gasteiger partial charge is 0.231 e. The molecule has 1 saturated heterocycles. The fraction of sp³-hybridized carbons (Fsp3) is 0.296. The van der Waals surface area contributed by atoms with E-state index >= 15 is 0 Å². The number of likely N-dealkylation sites (tertiary alicyclic amines) is 1. The quantitative estimate of drug-likeness (QED) is 0.631. The number of fused-ring (bicyclic) bond motifs is 4. The standard InChI is InChI=1S/C27H25N3O3/c28-13-17-1-4-19(5-2-17)20-6-7-23-22(12-20)27-21(24(15-31)29-23)9-10-30(27)14-18-3-8-25-26(11-18)33-16-32-25/h1-8,11-12,21,24,27,29,31H,9-10,14-16H2/t21-,24+,27-/m1/s1. The van der Waals surface area contributed by atoms with Crippen molar-refractivity contribution in [1.29, 1.82) is 5.26 Å². The molecule has 6 heteroatoms. The Labute approximate surface area is 193 Å². The molecule has 33 heavy (non-hydrogen) atoms. The predicted octanol–water partition coefficient (Wildman–Crippen LogP) is 4.30. The zero-order valence-corrected chi connectivity index (χ0v) is 18.2. The first-order chi connectivity index (χ1) is 16.2. The van der Waals surface area contributed by atoms with E-state index < -0.39 is 0 Å². The summed E-state index contributed by atoms with van der Waals surface area (Å²) in [4.78, 5) is 2.52. The van der Waals surface area contributed by atoms with Gasteiger partial charge in [-0.15, -0.1) is 0 Å². The number of nitriles is 1. The van der Waals surface area contributed by atoms with E-state index in [1.165, 1.54) is 11.1 Å². The fourth-order valence-electron chi connectivity index (χ4n) is 5.53. The minimum atomic E-state index is 0.0463. The van der Waals surface area contributed by atoms with Crippen LogP contribution in [0.3, 0.4) is 0 Å². The molecule has 0 amide bonds. The maximum atomic E-state index is 10.1. The van der Waals surface area contributed by atoms with Crippen molar-refractivity contribution in [3.8, 4) is 28.7 Å². The number of aliphatic hydroxyl groups excluding tert-OH is 1. The van der Waals surface area contributed by atoms with Crippen molar-refractivity contribution in [2.24, 2.45) is 5.92 Å². The molecule has 3 aliphatic rings. The molecule has 3 atom stereocenters. The number of hydrogen-bond donors (Lipinski definition) is 2. The number of aliphatic hydroxyl groups is 1. The molecular formula is C27H25N3O3. The van der Waals surface area contributed by atoms with Gasteiger partial charge in [0.25, 0.3) is 0 Å². The number of nitrogens with zero attached hydrogens (tertiary/aromatic N) is 2. The molecule has 6 rings (SSSR count). The number of hydrogen-bond acceptors (Lipinski definition) is 6. The average Bonchev–Trinajstić information content (AvgIpc) is 3.50. The summed E-state index contributed by atoms with van der Waals surface area (Å²) in [5, 5.41) is 22.8. The summed E-state index contributed by atoms with van der Waals surface area (Å²) in [6.45, 7) is 2.19. The van der Waals surface area contributed by atoms with Gasteiger partial charge in [0.05, 0.1) is 24.3 Å². The van der Waals surface area contributed by atoms with Crippen molar-refractivity contribution in [2.75, 3.05) is 25.3 Å². The molecular weight excluding hydrogens is 414 g/mol. The monoisotopic (exact) mass is 439 g/mol. The van der Waals surface area contributed by atoms with Crippen LogP contribution in [0.2, 0.25) is 0 Å². The van der Waals surface area contributed by atoms with E-state index in [1.807, 2.05) is 30.3 Å². The van der Waals surface area contributed by atoms with Crippen molar-refractivity contribution >= 4 is 5.69 Å². The first kappa shape index (κ1) is 20.1. The van der Waals surface area contributed by atoms with Gasteiger partial charge in [-0.1, -0.05) is 24.3 Å². The molecule has 3 aromatic rings. The van der Waals surface area contributed by atoms with Crippen molar-refractivity contribution in [3.63, 3.8) is 0 Å². The summed E-state index contributed by atoms with van der Waals surface area (Å²) >= 11 is 0. The summed E-state index contributed by atoms with van der Waals surface area (Å²) in [6.07, 6.45) is 1.04. The molecule has 166 valence electrons. The number of ether oxygens (including phenoxy) is 2. The number of benzene rings is 3. The third-order valence-electron chi connectivity index (χ3n) is 7.14. The largest absolute Gasteiger partial charge is 0.454 e. The lowest BCUT2D eigenvalue weighted by Crippen LogP contribution is -2.41. The van der Waals surface area contributed by atoms with E-state index in [0.717, 1.165) is 47.8 Å². The van der Waals surface area contributed by atoms with Gasteiger partial charge in [-0.05, 0) is 71.6 Å². The lowest BCUT2D eigenvalue weighted by Gasteiger charge is -2.39. The molecule has 0 spiro atoms. The molecule has 0 radical (unpaired) electrons. The van der Waals surface area contributed by atoms with E-state index in [2.05, 4.69) is 46.6 Å². The third kappa shape index (κ3) is 3.50. The highest BCUT2D eigenvalue weighted by Crippen LogP contribution is 2.48. The number of nitrogens with one attached hydrogen (secondary N) is 1. The summed E-state index contributed by atoms with van der Waals surface area (Å²) in [6, 6.07) is 22.9. The second-order valence-electron chi connectivity index (χ2n) is 8.98. The number of rotatable bonds is 4. The summed E-state index contributed by atoms with van der Waals surface area (Å²) in [5.41, 5.74) is 6.45.